The molecule has 0 N–H and O–H groups in total. The molecule has 0 aliphatic rings. The average molecular weight is 410 g/mol. The van der Waals surface area contributed by atoms with Gasteiger partial charge in [0.25, 0.3) is 0 Å². The molecule has 0 amide bonds. The highest BCUT2D eigenvalue weighted by atomic mass is 35.5. The number of rotatable bonds is 4. The molecule has 0 saturated heterocycles. The standard InChI is InChI=1S/C15H11Cl3N8/c1-8-21-11(16)9-13(22-8)19-6-25(9)4-2-3-5-26-7-20-14-10(26)12(17)23-15(18)24-14/h2-3,6-7H,4-5H2,1H3/b3-2+. The van der Waals surface area contributed by atoms with Crippen LogP contribution in [0.3, 0.4) is 0 Å². The number of imidazole rings is 2. The van der Waals surface area contributed by atoms with Crippen LogP contribution in [0.4, 0.5) is 0 Å². The van der Waals surface area contributed by atoms with Crippen molar-refractivity contribution in [3.8, 4) is 0 Å². The van der Waals surface area contributed by atoms with Crippen LogP contribution in [0.2, 0.25) is 15.6 Å². The lowest BCUT2D eigenvalue weighted by atomic mass is 10.4. The van der Waals surface area contributed by atoms with Gasteiger partial charge in [0.1, 0.15) is 16.9 Å². The van der Waals surface area contributed by atoms with Gasteiger partial charge >= 0.3 is 0 Å². The summed E-state index contributed by atoms with van der Waals surface area (Å²) in [5.41, 5.74) is 2.39. The van der Waals surface area contributed by atoms with Gasteiger partial charge in [-0.25, -0.2) is 24.9 Å². The lowest BCUT2D eigenvalue weighted by Crippen LogP contribution is -1.98. The van der Waals surface area contributed by atoms with Crippen LogP contribution in [0.5, 0.6) is 0 Å². The predicted octanol–water partition coefficient (Wildman–Crippen LogP) is 3.49. The Labute approximate surface area is 162 Å². The smallest absolute Gasteiger partial charge is 0.225 e. The van der Waals surface area contributed by atoms with Crippen LogP contribution >= 0.6 is 34.8 Å². The molecule has 0 fully saturated rings. The Bertz CT molecular complexity index is 1060. The molecule has 4 aromatic rings. The van der Waals surface area contributed by atoms with Gasteiger partial charge in [0, 0.05) is 13.1 Å². The van der Waals surface area contributed by atoms with Gasteiger partial charge in [-0.15, -0.1) is 0 Å². The minimum Gasteiger partial charge on any atom is -0.323 e. The third-order valence-electron chi connectivity index (χ3n) is 3.71. The zero-order chi connectivity index (χ0) is 18.3. The fraction of sp³-hybridized carbons (Fsp3) is 0.200. The van der Waals surface area contributed by atoms with E-state index >= 15 is 0 Å². The number of hydrogen-bond donors (Lipinski definition) is 0. The topological polar surface area (TPSA) is 87.2 Å². The molecule has 132 valence electrons. The van der Waals surface area contributed by atoms with Crippen LogP contribution in [-0.2, 0) is 13.1 Å². The fourth-order valence-electron chi connectivity index (χ4n) is 2.60. The van der Waals surface area contributed by atoms with E-state index in [4.69, 9.17) is 34.8 Å². The summed E-state index contributed by atoms with van der Waals surface area (Å²) in [4.78, 5) is 24.9. The summed E-state index contributed by atoms with van der Waals surface area (Å²) < 4.78 is 3.73. The number of hydrogen-bond acceptors (Lipinski definition) is 6. The van der Waals surface area contributed by atoms with Gasteiger partial charge in [-0.3, -0.25) is 0 Å². The molecule has 4 rings (SSSR count). The summed E-state index contributed by atoms with van der Waals surface area (Å²) in [5.74, 6) is 0.592. The summed E-state index contributed by atoms with van der Waals surface area (Å²) in [7, 11) is 0. The summed E-state index contributed by atoms with van der Waals surface area (Å²) >= 11 is 18.1. The van der Waals surface area contributed by atoms with Crippen molar-refractivity contribution >= 4 is 57.1 Å². The maximum Gasteiger partial charge on any atom is 0.225 e. The zero-order valence-corrected chi connectivity index (χ0v) is 15.7. The Balaban J connectivity index is 1.54. The van der Waals surface area contributed by atoms with E-state index in [1.54, 1.807) is 19.6 Å². The van der Waals surface area contributed by atoms with Gasteiger partial charge in [0.2, 0.25) is 5.28 Å². The second kappa shape index (κ2) is 6.79. The quantitative estimate of drug-likeness (QED) is 0.291. The van der Waals surface area contributed by atoms with Crippen LogP contribution in [-0.4, -0.2) is 39.0 Å². The second-order valence-electron chi connectivity index (χ2n) is 5.45. The summed E-state index contributed by atoms with van der Waals surface area (Å²) in [5, 5.41) is 0.732. The third-order valence-corrected chi connectivity index (χ3v) is 4.41. The Morgan fingerprint density at radius 3 is 1.96 bits per heavy atom. The van der Waals surface area contributed by atoms with E-state index in [9.17, 15) is 0 Å². The van der Waals surface area contributed by atoms with Gasteiger partial charge in [-0.05, 0) is 18.5 Å². The molecule has 0 unspecified atom stereocenters. The lowest BCUT2D eigenvalue weighted by Gasteiger charge is -2.03. The molecule has 8 nitrogen and oxygen atoms in total. The van der Waals surface area contributed by atoms with Crippen LogP contribution in [0.25, 0.3) is 22.3 Å². The normalized spacial score (nSPS) is 12.0. The van der Waals surface area contributed by atoms with E-state index in [1.165, 1.54) is 0 Å². The highest BCUT2D eigenvalue weighted by Gasteiger charge is 2.11. The van der Waals surface area contributed by atoms with Crippen LogP contribution in [0, 0.1) is 6.92 Å². The molecule has 11 heteroatoms. The van der Waals surface area contributed by atoms with Crippen molar-refractivity contribution in [2.45, 2.75) is 20.0 Å². The van der Waals surface area contributed by atoms with Crippen molar-refractivity contribution in [3.05, 3.63) is 46.2 Å². The highest BCUT2D eigenvalue weighted by molar-refractivity contribution is 6.35. The Hall–Kier alpha value is -2.29. The monoisotopic (exact) mass is 408 g/mol. The van der Waals surface area contributed by atoms with Gasteiger partial charge in [0.05, 0.1) is 12.7 Å². The van der Waals surface area contributed by atoms with E-state index in [1.807, 2.05) is 21.3 Å². The molecule has 0 aliphatic carbocycles. The number of nitrogens with zero attached hydrogens (tertiary/aromatic N) is 8. The van der Waals surface area contributed by atoms with Crippen molar-refractivity contribution in [2.75, 3.05) is 0 Å². The largest absolute Gasteiger partial charge is 0.323 e. The lowest BCUT2D eigenvalue weighted by molar-refractivity contribution is 0.815. The maximum atomic E-state index is 6.21. The average Bonchev–Trinajstić information content (AvgIpc) is 3.15. The summed E-state index contributed by atoms with van der Waals surface area (Å²) in [6.07, 6.45) is 7.29. The summed E-state index contributed by atoms with van der Waals surface area (Å²) in [6.45, 7) is 2.91. The van der Waals surface area contributed by atoms with Gasteiger partial charge in [0.15, 0.2) is 21.6 Å². The van der Waals surface area contributed by atoms with Crippen molar-refractivity contribution < 1.29 is 0 Å². The number of fused-ring (bicyclic) bond motifs is 2. The second-order valence-corrected chi connectivity index (χ2v) is 6.51. The maximum absolute atomic E-state index is 6.21. The van der Waals surface area contributed by atoms with E-state index in [-0.39, 0.29) is 10.4 Å². The molecule has 0 spiro atoms. The molecule has 0 bridgehead atoms. The first-order valence-electron chi connectivity index (χ1n) is 7.57. The van der Waals surface area contributed by atoms with Crippen molar-refractivity contribution in [2.24, 2.45) is 0 Å². The molecule has 0 radical (unpaired) electrons. The fourth-order valence-corrected chi connectivity index (χ4v) is 3.40. The molecule has 0 aliphatic heterocycles. The van der Waals surface area contributed by atoms with E-state index in [0.717, 1.165) is 0 Å². The van der Waals surface area contributed by atoms with E-state index in [0.29, 0.717) is 46.4 Å². The highest BCUT2D eigenvalue weighted by Crippen LogP contribution is 2.22. The minimum atomic E-state index is 0.0737. The van der Waals surface area contributed by atoms with Gasteiger partial charge in [-0.1, -0.05) is 35.4 Å². The molecule has 0 aromatic carbocycles. The SMILES string of the molecule is Cc1nc(Cl)c2c(ncn2C/C=C/Cn2cnc3nc(Cl)nc(Cl)c32)n1. The molecule has 0 atom stereocenters. The van der Waals surface area contributed by atoms with Crippen molar-refractivity contribution in [1.29, 1.82) is 0 Å². The number of halogens is 3. The van der Waals surface area contributed by atoms with Crippen molar-refractivity contribution in [3.63, 3.8) is 0 Å². The van der Waals surface area contributed by atoms with Crippen molar-refractivity contribution in [1.82, 2.24) is 39.0 Å². The first-order chi connectivity index (χ1) is 12.5. The zero-order valence-electron chi connectivity index (χ0n) is 13.4. The summed E-state index contributed by atoms with van der Waals surface area (Å²) in [6, 6.07) is 0. The predicted molar refractivity (Wildman–Crippen MR) is 99.6 cm³/mol. The molecule has 4 heterocycles. The Kier molecular flexibility index (Phi) is 4.47. The molecule has 26 heavy (non-hydrogen) atoms. The molecule has 4 aromatic heterocycles. The van der Waals surface area contributed by atoms with Crippen LogP contribution in [0.15, 0.2) is 24.8 Å². The van der Waals surface area contributed by atoms with Crippen LogP contribution in [0.1, 0.15) is 5.82 Å². The van der Waals surface area contributed by atoms with Gasteiger partial charge < -0.3 is 9.13 Å². The number of aryl methyl sites for hydroxylation is 1. The molecule has 0 saturated carbocycles. The molecular formula is C15H11Cl3N8. The molecular weight excluding hydrogens is 399 g/mol. The Morgan fingerprint density at radius 2 is 1.35 bits per heavy atom. The number of aromatic nitrogens is 8. The van der Waals surface area contributed by atoms with Crippen LogP contribution < -0.4 is 0 Å². The van der Waals surface area contributed by atoms with Gasteiger partial charge in [-0.2, -0.15) is 4.98 Å². The first kappa shape index (κ1) is 17.1. The first-order valence-corrected chi connectivity index (χ1v) is 8.70. The van der Waals surface area contributed by atoms with E-state index < -0.39 is 0 Å². The van der Waals surface area contributed by atoms with E-state index in [2.05, 4.69) is 29.9 Å². The minimum absolute atomic E-state index is 0.0737. The Morgan fingerprint density at radius 1 is 0.808 bits per heavy atom. The number of allylic oxidation sites excluding steroid dienone is 2. The third kappa shape index (κ3) is 3.11.